The number of aliphatic carboxylic acids is 1. The zero-order valence-electron chi connectivity index (χ0n) is 17.9. The maximum Gasteiger partial charge on any atom is 0.325 e. The second-order valence-corrected chi connectivity index (χ2v) is 8.41. The first-order valence-corrected chi connectivity index (χ1v) is 10.8. The molecule has 1 aliphatic rings. The Morgan fingerprint density at radius 1 is 1.16 bits per heavy atom. The number of hydrogen-bond donors (Lipinski definition) is 5. The summed E-state index contributed by atoms with van der Waals surface area (Å²) in [5.41, 5.74) is 7.54. The van der Waals surface area contributed by atoms with Crippen molar-refractivity contribution in [2.75, 3.05) is 5.75 Å². The number of carboxylic acids is 1. The molecule has 0 bridgehead atoms. The van der Waals surface area contributed by atoms with Crippen LogP contribution < -0.4 is 16.4 Å². The minimum atomic E-state index is -1.17. The van der Waals surface area contributed by atoms with E-state index in [1.54, 1.807) is 13.8 Å². The number of carbonyl (C=O) groups is 4. The number of benzene rings is 1. The lowest BCUT2D eigenvalue weighted by atomic mass is 9.91. The zero-order chi connectivity index (χ0) is 23.3. The van der Waals surface area contributed by atoms with Crippen LogP contribution >= 0.6 is 12.6 Å². The molecule has 0 fully saturated rings. The lowest BCUT2D eigenvalue weighted by molar-refractivity contribution is -0.147. The van der Waals surface area contributed by atoms with Crippen LogP contribution in [0.3, 0.4) is 0 Å². The second-order valence-electron chi connectivity index (χ2n) is 8.04. The van der Waals surface area contributed by atoms with Crippen molar-refractivity contribution in [3.05, 3.63) is 35.4 Å². The number of hydrogen-bond acceptors (Lipinski definition) is 6. The van der Waals surface area contributed by atoms with Gasteiger partial charge in [0.2, 0.25) is 17.7 Å². The summed E-state index contributed by atoms with van der Waals surface area (Å²) >= 11 is 4.02. The number of fused-ring (bicyclic) bond motifs is 1. The molecular weight excluding hydrogens is 420 g/mol. The van der Waals surface area contributed by atoms with Crippen LogP contribution in [0.15, 0.2) is 24.3 Å². The minimum Gasteiger partial charge on any atom is -0.480 e. The summed E-state index contributed by atoms with van der Waals surface area (Å²) in [6.45, 7) is 5.11. The van der Waals surface area contributed by atoms with Gasteiger partial charge in [-0.1, -0.05) is 38.1 Å². The average Bonchev–Trinajstić information content (AvgIpc) is 2.74. The van der Waals surface area contributed by atoms with Crippen molar-refractivity contribution < 1.29 is 24.3 Å². The number of rotatable bonds is 8. The first-order valence-electron chi connectivity index (χ1n) is 10.1. The maximum atomic E-state index is 13.5. The molecule has 1 aromatic carbocycles. The number of thiol groups is 1. The van der Waals surface area contributed by atoms with E-state index in [0.717, 1.165) is 11.1 Å². The van der Waals surface area contributed by atoms with Gasteiger partial charge in [0, 0.05) is 18.7 Å². The average molecular weight is 451 g/mol. The fourth-order valence-corrected chi connectivity index (χ4v) is 3.56. The monoisotopic (exact) mass is 450 g/mol. The Kier molecular flexibility index (Phi) is 8.46. The molecule has 0 radical (unpaired) electrons. The fraction of sp³-hybridized carbons (Fsp3) is 0.524. The smallest absolute Gasteiger partial charge is 0.325 e. The van der Waals surface area contributed by atoms with E-state index in [0.29, 0.717) is 0 Å². The molecule has 170 valence electrons. The van der Waals surface area contributed by atoms with Gasteiger partial charge in [-0.3, -0.25) is 19.2 Å². The first-order chi connectivity index (χ1) is 14.6. The second kappa shape index (κ2) is 10.6. The van der Waals surface area contributed by atoms with E-state index < -0.39 is 47.9 Å². The van der Waals surface area contributed by atoms with Crippen LogP contribution in [0.2, 0.25) is 0 Å². The molecule has 0 unspecified atom stereocenters. The van der Waals surface area contributed by atoms with Crippen LogP contribution in [-0.2, 0) is 32.1 Å². The van der Waals surface area contributed by atoms with Gasteiger partial charge in [-0.2, -0.15) is 12.6 Å². The topological polar surface area (TPSA) is 142 Å². The maximum absolute atomic E-state index is 13.5. The molecule has 0 saturated heterocycles. The quantitative estimate of drug-likeness (QED) is 0.351. The summed E-state index contributed by atoms with van der Waals surface area (Å²) in [6.07, 6.45) is 0.245. The molecule has 0 spiro atoms. The van der Waals surface area contributed by atoms with Crippen molar-refractivity contribution in [1.29, 1.82) is 0 Å². The van der Waals surface area contributed by atoms with Gasteiger partial charge in [-0.05, 0) is 24.0 Å². The van der Waals surface area contributed by atoms with Crippen LogP contribution in [0.4, 0.5) is 0 Å². The van der Waals surface area contributed by atoms with Gasteiger partial charge in [0.05, 0.1) is 6.04 Å². The van der Waals surface area contributed by atoms with Crippen molar-refractivity contribution in [2.45, 2.75) is 57.9 Å². The number of carboxylic acid groups (broad SMARTS) is 1. The van der Waals surface area contributed by atoms with Crippen LogP contribution in [0.1, 0.15) is 31.9 Å². The summed E-state index contributed by atoms with van der Waals surface area (Å²) in [4.78, 5) is 51.3. The Morgan fingerprint density at radius 3 is 2.32 bits per heavy atom. The number of nitrogens with zero attached hydrogens (tertiary/aromatic N) is 1. The van der Waals surface area contributed by atoms with Crippen LogP contribution in [0, 0.1) is 5.92 Å². The third-order valence-electron chi connectivity index (χ3n) is 5.33. The van der Waals surface area contributed by atoms with E-state index in [1.165, 1.54) is 11.8 Å². The molecule has 0 aromatic heterocycles. The van der Waals surface area contributed by atoms with Crippen LogP contribution in [0.5, 0.6) is 0 Å². The Hall–Kier alpha value is -2.59. The highest BCUT2D eigenvalue weighted by atomic mass is 32.1. The third-order valence-corrected chi connectivity index (χ3v) is 5.72. The van der Waals surface area contributed by atoms with Crippen molar-refractivity contribution in [3.63, 3.8) is 0 Å². The van der Waals surface area contributed by atoms with E-state index in [9.17, 15) is 19.2 Å². The van der Waals surface area contributed by atoms with Gasteiger partial charge in [0.15, 0.2) is 0 Å². The van der Waals surface area contributed by atoms with E-state index in [-0.39, 0.29) is 24.6 Å². The van der Waals surface area contributed by atoms with Gasteiger partial charge < -0.3 is 26.4 Å². The van der Waals surface area contributed by atoms with E-state index in [4.69, 9.17) is 10.8 Å². The van der Waals surface area contributed by atoms with Crippen molar-refractivity contribution >= 4 is 36.3 Å². The lowest BCUT2D eigenvalue weighted by Crippen LogP contribution is -2.61. The number of nitrogens with two attached hydrogens (primary N) is 1. The van der Waals surface area contributed by atoms with Crippen molar-refractivity contribution in [3.8, 4) is 0 Å². The van der Waals surface area contributed by atoms with Gasteiger partial charge in [0.1, 0.15) is 18.1 Å². The van der Waals surface area contributed by atoms with Gasteiger partial charge in [-0.25, -0.2) is 0 Å². The summed E-state index contributed by atoms with van der Waals surface area (Å²) in [5.74, 6) is -2.79. The number of nitrogens with one attached hydrogen (secondary N) is 2. The highest BCUT2D eigenvalue weighted by Gasteiger charge is 2.39. The molecule has 4 atom stereocenters. The third kappa shape index (κ3) is 5.98. The van der Waals surface area contributed by atoms with Crippen molar-refractivity contribution in [2.24, 2.45) is 11.7 Å². The van der Waals surface area contributed by atoms with E-state index in [2.05, 4.69) is 23.3 Å². The zero-order valence-corrected chi connectivity index (χ0v) is 18.8. The molecule has 1 heterocycles. The summed E-state index contributed by atoms with van der Waals surface area (Å²) in [6, 6.07) is 3.69. The predicted molar refractivity (Wildman–Crippen MR) is 118 cm³/mol. The molecule has 5 N–H and O–H groups in total. The van der Waals surface area contributed by atoms with Gasteiger partial charge >= 0.3 is 5.97 Å². The van der Waals surface area contributed by atoms with Crippen molar-refractivity contribution in [1.82, 2.24) is 15.5 Å². The van der Waals surface area contributed by atoms with Crippen LogP contribution in [0.25, 0.3) is 0 Å². The molecule has 1 aliphatic heterocycles. The lowest BCUT2D eigenvalue weighted by Gasteiger charge is -2.39. The summed E-state index contributed by atoms with van der Waals surface area (Å²) in [5, 5.41) is 14.3. The highest BCUT2D eigenvalue weighted by Crippen LogP contribution is 2.25. The Morgan fingerprint density at radius 2 is 1.77 bits per heavy atom. The van der Waals surface area contributed by atoms with Crippen LogP contribution in [-0.4, -0.2) is 63.6 Å². The fourth-order valence-electron chi connectivity index (χ4n) is 3.40. The number of carbonyl (C=O) groups excluding carboxylic acids is 3. The normalized spacial score (nSPS) is 18.5. The molecule has 9 nitrogen and oxygen atoms in total. The Labute approximate surface area is 187 Å². The first kappa shape index (κ1) is 24.7. The summed E-state index contributed by atoms with van der Waals surface area (Å²) < 4.78 is 0. The SMILES string of the molecule is CC(C)[C@H](NC(=O)[C@@H](N)CS)C(=O)N1Cc2ccccc2C[C@@H]1C(=O)N[C@@H](C)C(=O)O. The molecular formula is C21H30N4O5S. The molecule has 10 heteroatoms. The molecule has 0 saturated carbocycles. The van der Waals surface area contributed by atoms with E-state index >= 15 is 0 Å². The molecule has 0 aliphatic carbocycles. The Balaban J connectivity index is 2.34. The number of amides is 3. The molecule has 1 aromatic rings. The largest absolute Gasteiger partial charge is 0.480 e. The predicted octanol–water partition coefficient (Wildman–Crippen LogP) is -0.0729. The molecule has 31 heavy (non-hydrogen) atoms. The minimum absolute atomic E-state index is 0.125. The molecule has 2 rings (SSSR count). The summed E-state index contributed by atoms with van der Waals surface area (Å²) in [7, 11) is 0. The van der Waals surface area contributed by atoms with E-state index in [1.807, 2.05) is 24.3 Å². The molecule has 3 amide bonds. The van der Waals surface area contributed by atoms with Gasteiger partial charge in [-0.15, -0.1) is 0 Å². The highest BCUT2D eigenvalue weighted by molar-refractivity contribution is 7.80. The Bertz CT molecular complexity index is 847. The van der Waals surface area contributed by atoms with Gasteiger partial charge in [0.25, 0.3) is 0 Å². The standard InChI is InChI=1S/C21H30N4O5S/c1-11(2)17(24-18(26)15(22)10-31)20(28)25-9-14-7-5-4-6-13(14)8-16(25)19(27)23-12(3)21(29)30/h4-7,11-12,15-17,31H,8-10,22H2,1-3H3,(H,23,27)(H,24,26)(H,29,30)/t12-,15-,16+,17-/m0/s1.